The highest BCUT2D eigenvalue weighted by molar-refractivity contribution is 5.91. The molecule has 25 heavy (non-hydrogen) atoms. The van der Waals surface area contributed by atoms with E-state index in [1.54, 1.807) is 6.92 Å². The Morgan fingerprint density at radius 3 is 1.92 bits per heavy atom. The molecule has 0 heterocycles. The smallest absolute Gasteiger partial charge is 0.434 e. The van der Waals surface area contributed by atoms with Crippen molar-refractivity contribution < 1.29 is 37.0 Å². The van der Waals surface area contributed by atoms with E-state index < -0.39 is 23.9 Å². The van der Waals surface area contributed by atoms with Gasteiger partial charge in [-0.3, -0.25) is 0 Å². The van der Waals surface area contributed by atoms with Crippen LogP contribution in [0.4, 0.5) is 18.0 Å². The predicted molar refractivity (Wildman–Crippen MR) is 80.5 cm³/mol. The molecule has 0 spiro atoms. The van der Waals surface area contributed by atoms with Crippen LogP contribution in [-0.2, 0) is 10.9 Å². The average Bonchev–Trinajstić information content (AvgIpc) is 2.55. The molecule has 0 aromatic heterocycles. The third kappa shape index (κ3) is 5.23. The third-order valence-corrected chi connectivity index (χ3v) is 2.95. The van der Waals surface area contributed by atoms with Gasteiger partial charge in [0.25, 0.3) is 0 Å². The summed E-state index contributed by atoms with van der Waals surface area (Å²) in [6.07, 6.45) is -5.33. The summed E-state index contributed by atoms with van der Waals surface area (Å²) < 4.78 is 51.8. The third-order valence-electron chi connectivity index (χ3n) is 2.95. The number of esters is 1. The molecule has 132 valence electrons. The van der Waals surface area contributed by atoms with Gasteiger partial charge in [-0.25, -0.2) is 9.59 Å². The lowest BCUT2D eigenvalue weighted by molar-refractivity contribution is -0.137. The maximum Gasteiger partial charge on any atom is 0.513 e. The lowest BCUT2D eigenvalue weighted by Crippen LogP contribution is -2.11. The van der Waals surface area contributed by atoms with Crippen molar-refractivity contribution in [1.82, 2.24) is 0 Å². The maximum absolute atomic E-state index is 12.5. The van der Waals surface area contributed by atoms with Gasteiger partial charge in [0.15, 0.2) is 0 Å². The summed E-state index contributed by atoms with van der Waals surface area (Å²) >= 11 is 0. The van der Waals surface area contributed by atoms with Crippen molar-refractivity contribution in [2.45, 2.75) is 13.1 Å². The lowest BCUT2D eigenvalue weighted by Gasteiger charge is -2.08. The van der Waals surface area contributed by atoms with Crippen LogP contribution in [0.5, 0.6) is 11.5 Å². The molecule has 0 aliphatic heterocycles. The molecular weight excluding hydrogens is 341 g/mol. The number of hydrogen-bond donors (Lipinski definition) is 0. The number of carbonyl (C=O) groups excluding carboxylic acids is 2. The number of hydrogen-bond acceptors (Lipinski definition) is 5. The van der Waals surface area contributed by atoms with Gasteiger partial charge in [0.05, 0.1) is 17.7 Å². The van der Waals surface area contributed by atoms with Crippen LogP contribution in [0, 0.1) is 0 Å². The number of alkyl halides is 3. The molecule has 0 N–H and O–H groups in total. The van der Waals surface area contributed by atoms with Gasteiger partial charge in [0.1, 0.15) is 11.5 Å². The Hall–Kier alpha value is -3.03. The van der Waals surface area contributed by atoms with E-state index >= 15 is 0 Å². The van der Waals surface area contributed by atoms with Crippen LogP contribution in [-0.4, -0.2) is 18.7 Å². The maximum atomic E-state index is 12.5. The van der Waals surface area contributed by atoms with Crippen molar-refractivity contribution in [3.05, 3.63) is 59.7 Å². The SMILES string of the molecule is CCOC(=O)Oc1ccc(C(=O)Oc2ccc(C(F)(F)F)cc2)cc1. The number of rotatable bonds is 4. The Morgan fingerprint density at radius 2 is 1.40 bits per heavy atom. The number of benzene rings is 2. The molecule has 2 rings (SSSR count). The van der Waals surface area contributed by atoms with E-state index in [-0.39, 0.29) is 23.7 Å². The fourth-order valence-electron chi connectivity index (χ4n) is 1.78. The summed E-state index contributed by atoms with van der Waals surface area (Å²) in [5.41, 5.74) is -0.705. The van der Waals surface area contributed by atoms with Gasteiger partial charge in [-0.05, 0) is 55.5 Å². The molecule has 8 heteroatoms. The highest BCUT2D eigenvalue weighted by atomic mass is 19.4. The quantitative estimate of drug-likeness (QED) is 0.461. The molecular formula is C17H13F3O5. The minimum Gasteiger partial charge on any atom is -0.434 e. The Kier molecular flexibility index (Phi) is 5.63. The minimum absolute atomic E-state index is 0.0233. The fraction of sp³-hybridized carbons (Fsp3) is 0.176. The van der Waals surface area contributed by atoms with Gasteiger partial charge in [0.2, 0.25) is 0 Å². The second-order valence-corrected chi connectivity index (χ2v) is 4.72. The first kappa shape index (κ1) is 18.3. The van der Waals surface area contributed by atoms with E-state index in [9.17, 15) is 22.8 Å². The van der Waals surface area contributed by atoms with Crippen LogP contribution < -0.4 is 9.47 Å². The summed E-state index contributed by atoms with van der Waals surface area (Å²) in [6, 6.07) is 9.16. The van der Waals surface area contributed by atoms with Crippen LogP contribution in [0.1, 0.15) is 22.8 Å². The zero-order chi connectivity index (χ0) is 18.4. The van der Waals surface area contributed by atoms with Crippen molar-refractivity contribution >= 4 is 12.1 Å². The second-order valence-electron chi connectivity index (χ2n) is 4.72. The van der Waals surface area contributed by atoms with E-state index in [0.717, 1.165) is 24.3 Å². The normalized spacial score (nSPS) is 10.9. The van der Waals surface area contributed by atoms with Crippen molar-refractivity contribution in [2.75, 3.05) is 6.61 Å². The van der Waals surface area contributed by atoms with E-state index in [1.807, 2.05) is 0 Å². The first-order valence-corrected chi connectivity index (χ1v) is 7.13. The molecule has 0 saturated carbocycles. The van der Waals surface area contributed by atoms with E-state index in [4.69, 9.17) is 9.47 Å². The van der Waals surface area contributed by atoms with Crippen LogP contribution in [0.25, 0.3) is 0 Å². The molecule has 0 radical (unpaired) electrons. The Labute approximate surface area is 140 Å². The highest BCUT2D eigenvalue weighted by Crippen LogP contribution is 2.30. The minimum atomic E-state index is -4.46. The van der Waals surface area contributed by atoms with Gasteiger partial charge in [-0.15, -0.1) is 0 Å². The molecule has 0 aliphatic rings. The molecule has 0 bridgehead atoms. The molecule has 0 unspecified atom stereocenters. The Balaban J connectivity index is 2.00. The molecule has 2 aromatic rings. The van der Waals surface area contributed by atoms with Gasteiger partial charge < -0.3 is 14.2 Å². The van der Waals surface area contributed by atoms with Gasteiger partial charge in [0, 0.05) is 0 Å². The van der Waals surface area contributed by atoms with Gasteiger partial charge in [-0.2, -0.15) is 13.2 Å². The van der Waals surface area contributed by atoms with Crippen molar-refractivity contribution in [2.24, 2.45) is 0 Å². The van der Waals surface area contributed by atoms with Crippen LogP contribution in [0.3, 0.4) is 0 Å². The summed E-state index contributed by atoms with van der Waals surface area (Å²) in [4.78, 5) is 23.1. The summed E-state index contributed by atoms with van der Waals surface area (Å²) in [5.74, 6) is -0.614. The van der Waals surface area contributed by atoms with Crippen LogP contribution in [0.2, 0.25) is 0 Å². The zero-order valence-corrected chi connectivity index (χ0v) is 13.0. The lowest BCUT2D eigenvalue weighted by atomic mass is 10.2. The van der Waals surface area contributed by atoms with Gasteiger partial charge >= 0.3 is 18.3 Å². The number of ether oxygens (including phenoxy) is 3. The first-order chi connectivity index (χ1) is 11.8. The fourth-order valence-corrected chi connectivity index (χ4v) is 1.78. The summed E-state index contributed by atoms with van der Waals surface area (Å²) in [7, 11) is 0. The van der Waals surface area contributed by atoms with E-state index in [1.165, 1.54) is 24.3 Å². The Bertz CT molecular complexity index is 736. The largest absolute Gasteiger partial charge is 0.513 e. The Morgan fingerprint density at radius 1 is 0.880 bits per heavy atom. The average molecular weight is 354 g/mol. The zero-order valence-electron chi connectivity index (χ0n) is 13.0. The highest BCUT2D eigenvalue weighted by Gasteiger charge is 2.30. The monoisotopic (exact) mass is 354 g/mol. The molecule has 0 fully saturated rings. The van der Waals surface area contributed by atoms with Crippen molar-refractivity contribution in [3.8, 4) is 11.5 Å². The van der Waals surface area contributed by atoms with Gasteiger partial charge in [-0.1, -0.05) is 0 Å². The number of carbonyl (C=O) groups is 2. The number of halogens is 3. The summed E-state index contributed by atoms with van der Waals surface area (Å²) in [6.45, 7) is 1.79. The van der Waals surface area contributed by atoms with E-state index in [2.05, 4.69) is 4.74 Å². The molecule has 0 atom stereocenters. The molecule has 5 nitrogen and oxygen atoms in total. The topological polar surface area (TPSA) is 61.8 Å². The molecule has 2 aromatic carbocycles. The van der Waals surface area contributed by atoms with Crippen LogP contribution in [0.15, 0.2) is 48.5 Å². The molecule has 0 saturated heterocycles. The second kappa shape index (κ2) is 7.69. The summed E-state index contributed by atoms with van der Waals surface area (Å²) in [5, 5.41) is 0. The molecule has 0 aliphatic carbocycles. The van der Waals surface area contributed by atoms with Crippen molar-refractivity contribution in [1.29, 1.82) is 0 Å². The van der Waals surface area contributed by atoms with E-state index in [0.29, 0.717) is 0 Å². The predicted octanol–water partition coefficient (Wildman–Crippen LogP) is 4.46. The first-order valence-electron chi connectivity index (χ1n) is 7.13. The van der Waals surface area contributed by atoms with Crippen LogP contribution >= 0.6 is 0 Å². The van der Waals surface area contributed by atoms with Crippen molar-refractivity contribution in [3.63, 3.8) is 0 Å². The standard InChI is InChI=1S/C17H13F3O5/c1-2-23-16(22)25-14-7-3-11(4-8-14)15(21)24-13-9-5-12(6-10-13)17(18,19)20/h3-10H,2H2,1H3. The molecule has 0 amide bonds.